The summed E-state index contributed by atoms with van der Waals surface area (Å²) in [7, 11) is 0. The molecule has 8 nitrogen and oxygen atoms in total. The normalized spacial score (nSPS) is 10.6. The van der Waals surface area contributed by atoms with Gasteiger partial charge in [0.15, 0.2) is 0 Å². The van der Waals surface area contributed by atoms with Gasteiger partial charge in [0.1, 0.15) is 21.9 Å². The number of nitrogens with two attached hydrogens (primary N) is 2. The Morgan fingerprint density at radius 1 is 0.613 bits per heavy atom. The minimum Gasteiger partial charge on any atom is -0.368 e. The maximum Gasteiger partial charge on any atom is 0.223 e. The lowest BCUT2D eigenvalue weighted by atomic mass is 10.0. The Bertz CT molecular complexity index is 1060. The highest BCUT2D eigenvalue weighted by atomic mass is 35.5. The molecule has 0 atom stereocenters. The Morgan fingerprint density at radius 3 is 1.35 bits per heavy atom. The van der Waals surface area contributed by atoms with Crippen molar-refractivity contribution in [2.24, 2.45) is 0 Å². The smallest absolute Gasteiger partial charge is 0.223 e. The predicted molar refractivity (Wildman–Crippen MR) is 125 cm³/mol. The van der Waals surface area contributed by atoms with Crippen LogP contribution in [0.3, 0.4) is 0 Å². The van der Waals surface area contributed by atoms with Crippen LogP contribution in [0.4, 0.5) is 34.9 Å². The van der Waals surface area contributed by atoms with Gasteiger partial charge in [0, 0.05) is 23.5 Å². The highest BCUT2D eigenvalue weighted by Gasteiger charge is 2.04. The Morgan fingerprint density at radius 2 is 1.00 bits per heavy atom. The van der Waals surface area contributed by atoms with E-state index >= 15 is 0 Å². The number of nitrogen functional groups attached to an aromatic ring is 2. The highest BCUT2D eigenvalue weighted by molar-refractivity contribution is 6.30. The first-order valence-electron chi connectivity index (χ1n) is 9.25. The molecule has 2 heterocycles. The maximum absolute atomic E-state index is 5.91. The summed E-state index contributed by atoms with van der Waals surface area (Å²) in [6.45, 7) is 0. The first kappa shape index (κ1) is 20.6. The van der Waals surface area contributed by atoms with Gasteiger partial charge in [-0.15, -0.1) is 0 Å². The first-order valence-corrected chi connectivity index (χ1v) is 10.0. The maximum atomic E-state index is 5.91. The fourth-order valence-corrected chi connectivity index (χ4v) is 3.32. The van der Waals surface area contributed by atoms with E-state index in [-0.39, 0.29) is 22.2 Å². The van der Waals surface area contributed by atoms with Gasteiger partial charge in [0.25, 0.3) is 0 Å². The van der Waals surface area contributed by atoms with E-state index in [1.165, 1.54) is 11.1 Å². The van der Waals surface area contributed by atoms with Crippen LogP contribution in [-0.4, -0.2) is 19.9 Å². The molecule has 2 aromatic heterocycles. The number of aromatic nitrogens is 4. The number of halogens is 2. The lowest BCUT2D eigenvalue weighted by Gasteiger charge is -2.09. The monoisotopic (exact) mass is 452 g/mol. The van der Waals surface area contributed by atoms with Gasteiger partial charge < -0.3 is 22.1 Å². The van der Waals surface area contributed by atoms with Gasteiger partial charge >= 0.3 is 0 Å². The van der Waals surface area contributed by atoms with Crippen molar-refractivity contribution in [2.45, 2.75) is 6.42 Å². The number of hydrogen-bond acceptors (Lipinski definition) is 8. The van der Waals surface area contributed by atoms with Crippen molar-refractivity contribution in [2.75, 3.05) is 22.1 Å². The Balaban J connectivity index is 1.38. The standard InChI is InChI=1S/C21H18Cl2N8/c22-16-10-18(30-20(24)28-16)26-14-5-1-12(2-6-14)9-13-3-7-15(8-4-13)27-19-11-17(23)29-21(25)31-19/h1-8,10-11H,9H2,(H3,24,26,28,30)(H3,25,27,29,31). The molecule has 10 heteroatoms. The molecule has 4 aromatic rings. The summed E-state index contributed by atoms with van der Waals surface area (Å²) in [6.07, 6.45) is 0.791. The van der Waals surface area contributed by atoms with Crippen LogP contribution in [0, 0.1) is 0 Å². The lowest BCUT2D eigenvalue weighted by Crippen LogP contribution is -2.00. The molecule has 4 rings (SSSR count). The molecule has 0 spiro atoms. The summed E-state index contributed by atoms with van der Waals surface area (Å²) in [4.78, 5) is 15.9. The fourth-order valence-electron chi connectivity index (χ4n) is 2.94. The summed E-state index contributed by atoms with van der Waals surface area (Å²) in [5.74, 6) is 1.33. The molecular formula is C21H18Cl2N8. The minimum absolute atomic E-state index is 0.121. The summed E-state index contributed by atoms with van der Waals surface area (Å²) in [5.41, 5.74) is 15.3. The van der Waals surface area contributed by atoms with Gasteiger partial charge in [-0.05, 0) is 41.8 Å². The number of nitrogens with zero attached hydrogens (tertiary/aromatic N) is 4. The molecule has 0 bridgehead atoms. The third-order valence-corrected chi connectivity index (χ3v) is 4.67. The van der Waals surface area contributed by atoms with Crippen LogP contribution < -0.4 is 22.1 Å². The van der Waals surface area contributed by atoms with E-state index in [4.69, 9.17) is 34.7 Å². The number of rotatable bonds is 6. The highest BCUT2D eigenvalue weighted by Crippen LogP contribution is 2.22. The van der Waals surface area contributed by atoms with Gasteiger partial charge in [-0.25, -0.2) is 9.97 Å². The van der Waals surface area contributed by atoms with Crippen LogP contribution in [0.2, 0.25) is 10.3 Å². The Kier molecular flexibility index (Phi) is 6.01. The quantitative estimate of drug-likeness (QED) is 0.306. The Hall–Kier alpha value is -3.62. The van der Waals surface area contributed by atoms with Crippen molar-refractivity contribution in [3.8, 4) is 0 Å². The zero-order valence-corrected chi connectivity index (χ0v) is 17.7. The van der Waals surface area contributed by atoms with Crippen LogP contribution in [0.5, 0.6) is 0 Å². The zero-order valence-electron chi connectivity index (χ0n) is 16.2. The summed E-state index contributed by atoms with van der Waals surface area (Å²) in [6, 6.07) is 19.3. The molecule has 0 saturated heterocycles. The van der Waals surface area contributed by atoms with Crippen molar-refractivity contribution in [3.63, 3.8) is 0 Å². The molecule has 2 aromatic carbocycles. The second-order valence-electron chi connectivity index (χ2n) is 6.69. The average molecular weight is 453 g/mol. The third kappa shape index (κ3) is 5.71. The zero-order chi connectivity index (χ0) is 21.8. The van der Waals surface area contributed by atoms with Crippen molar-refractivity contribution >= 4 is 58.1 Å². The average Bonchev–Trinajstić information content (AvgIpc) is 2.69. The van der Waals surface area contributed by atoms with Crippen molar-refractivity contribution in [1.29, 1.82) is 0 Å². The molecule has 0 amide bonds. The van der Waals surface area contributed by atoms with Crippen LogP contribution in [0.15, 0.2) is 60.7 Å². The Labute approximate surface area is 188 Å². The molecule has 0 radical (unpaired) electrons. The van der Waals surface area contributed by atoms with E-state index in [1.807, 2.05) is 48.5 Å². The molecule has 0 unspecified atom stereocenters. The van der Waals surface area contributed by atoms with Crippen molar-refractivity contribution in [1.82, 2.24) is 19.9 Å². The van der Waals surface area contributed by atoms with E-state index < -0.39 is 0 Å². The van der Waals surface area contributed by atoms with E-state index in [1.54, 1.807) is 12.1 Å². The third-order valence-electron chi connectivity index (χ3n) is 4.29. The van der Waals surface area contributed by atoms with E-state index in [0.717, 1.165) is 17.8 Å². The molecule has 0 aliphatic rings. The number of hydrogen-bond donors (Lipinski definition) is 4. The number of benzene rings is 2. The molecule has 0 aliphatic heterocycles. The SMILES string of the molecule is Nc1nc(Cl)cc(Nc2ccc(Cc3ccc(Nc4cc(Cl)nc(N)n4)cc3)cc2)n1. The van der Waals surface area contributed by atoms with Crippen LogP contribution in [0.25, 0.3) is 0 Å². The molecule has 0 aliphatic carbocycles. The van der Waals surface area contributed by atoms with Crippen LogP contribution in [-0.2, 0) is 6.42 Å². The van der Waals surface area contributed by atoms with Gasteiger partial charge in [-0.2, -0.15) is 9.97 Å². The van der Waals surface area contributed by atoms with E-state index in [9.17, 15) is 0 Å². The second kappa shape index (κ2) is 9.03. The molecule has 0 saturated carbocycles. The second-order valence-corrected chi connectivity index (χ2v) is 7.46. The largest absolute Gasteiger partial charge is 0.368 e. The summed E-state index contributed by atoms with van der Waals surface area (Å²) >= 11 is 11.8. The molecular weight excluding hydrogens is 435 g/mol. The van der Waals surface area contributed by atoms with Gasteiger partial charge in [0.05, 0.1) is 0 Å². The molecule has 6 N–H and O–H groups in total. The summed E-state index contributed by atoms with van der Waals surface area (Å²) in [5, 5.41) is 6.90. The topological polar surface area (TPSA) is 128 Å². The van der Waals surface area contributed by atoms with Crippen LogP contribution >= 0.6 is 23.2 Å². The summed E-state index contributed by atoms with van der Waals surface area (Å²) < 4.78 is 0. The first-order chi connectivity index (χ1) is 14.9. The minimum atomic E-state index is 0.121. The van der Waals surface area contributed by atoms with E-state index in [0.29, 0.717) is 11.6 Å². The van der Waals surface area contributed by atoms with E-state index in [2.05, 4.69) is 30.6 Å². The van der Waals surface area contributed by atoms with Crippen molar-refractivity contribution < 1.29 is 0 Å². The molecule has 156 valence electrons. The molecule has 0 fully saturated rings. The predicted octanol–water partition coefficient (Wildman–Crippen LogP) is 4.82. The fraction of sp³-hybridized carbons (Fsp3) is 0.0476. The van der Waals surface area contributed by atoms with Gasteiger partial charge in [-0.1, -0.05) is 47.5 Å². The van der Waals surface area contributed by atoms with Crippen molar-refractivity contribution in [3.05, 3.63) is 82.1 Å². The lowest BCUT2D eigenvalue weighted by molar-refractivity contribution is 1.17. The van der Waals surface area contributed by atoms with Gasteiger partial charge in [-0.3, -0.25) is 0 Å². The number of anilines is 6. The molecule has 31 heavy (non-hydrogen) atoms. The van der Waals surface area contributed by atoms with Gasteiger partial charge in [0.2, 0.25) is 11.9 Å². The number of nitrogens with one attached hydrogen (secondary N) is 2. The van der Waals surface area contributed by atoms with Crippen LogP contribution in [0.1, 0.15) is 11.1 Å².